The molecule has 7 heteroatoms. The van der Waals surface area contributed by atoms with E-state index in [0.29, 0.717) is 29.3 Å². The summed E-state index contributed by atoms with van der Waals surface area (Å²) in [6.07, 6.45) is 3.92. The topological polar surface area (TPSA) is 92.4 Å². The number of aromatic nitrogens is 1. The fourth-order valence-electron chi connectivity index (χ4n) is 2.77. The summed E-state index contributed by atoms with van der Waals surface area (Å²) in [5.74, 6) is 0.234. The molecule has 1 fully saturated rings. The largest absolute Gasteiger partial charge is 0.376 e. The van der Waals surface area contributed by atoms with E-state index in [-0.39, 0.29) is 17.9 Å². The summed E-state index contributed by atoms with van der Waals surface area (Å²) < 4.78 is 5.57. The normalized spacial score (nSPS) is 16.1. The molecule has 2 amide bonds. The number of hydrogen-bond donors (Lipinski definition) is 3. The smallest absolute Gasteiger partial charge is 0.255 e. The molecular formula is C19H22N4O3. The van der Waals surface area contributed by atoms with Crippen LogP contribution in [0.2, 0.25) is 0 Å². The molecular weight excluding hydrogens is 332 g/mol. The lowest BCUT2D eigenvalue weighted by molar-refractivity contribution is -0.114. The minimum absolute atomic E-state index is 0.162. The molecule has 7 nitrogen and oxygen atoms in total. The number of carbonyl (C=O) groups excluding carboxylic acids is 2. The van der Waals surface area contributed by atoms with Gasteiger partial charge >= 0.3 is 0 Å². The van der Waals surface area contributed by atoms with Crippen molar-refractivity contribution in [2.45, 2.75) is 25.9 Å². The number of benzene rings is 1. The molecule has 1 saturated heterocycles. The molecule has 136 valence electrons. The van der Waals surface area contributed by atoms with Gasteiger partial charge in [0.2, 0.25) is 5.91 Å². The predicted molar refractivity (Wildman–Crippen MR) is 100 cm³/mol. The van der Waals surface area contributed by atoms with Gasteiger partial charge in [-0.3, -0.25) is 9.59 Å². The third-order valence-electron chi connectivity index (χ3n) is 4.00. The number of amides is 2. The molecule has 26 heavy (non-hydrogen) atoms. The zero-order valence-corrected chi connectivity index (χ0v) is 14.6. The second kappa shape index (κ2) is 8.44. The highest BCUT2D eigenvalue weighted by Crippen LogP contribution is 2.17. The molecule has 1 unspecified atom stereocenters. The molecule has 3 rings (SSSR count). The van der Waals surface area contributed by atoms with Crippen LogP contribution in [-0.4, -0.2) is 36.1 Å². The Balaban J connectivity index is 1.62. The second-order valence-electron chi connectivity index (χ2n) is 6.16. The Bertz CT molecular complexity index is 788. The fourth-order valence-corrected chi connectivity index (χ4v) is 2.77. The first-order valence-corrected chi connectivity index (χ1v) is 8.61. The van der Waals surface area contributed by atoms with Crippen molar-refractivity contribution in [3.05, 3.63) is 48.2 Å². The lowest BCUT2D eigenvalue weighted by atomic mass is 10.2. The maximum atomic E-state index is 12.5. The van der Waals surface area contributed by atoms with Gasteiger partial charge in [-0.2, -0.15) is 0 Å². The number of anilines is 3. The van der Waals surface area contributed by atoms with E-state index >= 15 is 0 Å². The molecule has 3 N–H and O–H groups in total. The standard InChI is InChI=1S/C19H22N4O3/c1-13(24)22-15-4-2-5-16(11-15)23-19(25)14-7-8-20-18(10-14)21-12-17-6-3-9-26-17/h2,4-5,7-8,10-11,17H,3,6,9,12H2,1H3,(H,20,21)(H,22,24)(H,23,25). The Labute approximate surface area is 152 Å². The Morgan fingerprint density at radius 1 is 1.19 bits per heavy atom. The van der Waals surface area contributed by atoms with E-state index in [2.05, 4.69) is 20.9 Å². The Hall–Kier alpha value is -2.93. The molecule has 2 aromatic rings. The van der Waals surface area contributed by atoms with Gasteiger partial charge in [0.25, 0.3) is 5.91 Å². The van der Waals surface area contributed by atoms with Crippen molar-refractivity contribution in [3.8, 4) is 0 Å². The van der Waals surface area contributed by atoms with Gasteiger partial charge < -0.3 is 20.7 Å². The average Bonchev–Trinajstić information content (AvgIpc) is 3.13. The highest BCUT2D eigenvalue weighted by Gasteiger charge is 2.15. The van der Waals surface area contributed by atoms with Crippen LogP contribution in [0.5, 0.6) is 0 Å². The van der Waals surface area contributed by atoms with E-state index < -0.39 is 0 Å². The summed E-state index contributed by atoms with van der Waals surface area (Å²) in [7, 11) is 0. The summed E-state index contributed by atoms with van der Waals surface area (Å²) in [4.78, 5) is 27.9. The molecule has 1 aliphatic heterocycles. The van der Waals surface area contributed by atoms with Crippen LogP contribution in [0.25, 0.3) is 0 Å². The number of nitrogens with zero attached hydrogens (tertiary/aromatic N) is 1. The van der Waals surface area contributed by atoms with Crippen LogP contribution in [0.15, 0.2) is 42.6 Å². The van der Waals surface area contributed by atoms with E-state index in [1.807, 2.05) is 0 Å². The quantitative estimate of drug-likeness (QED) is 0.742. The van der Waals surface area contributed by atoms with Crippen LogP contribution in [0.3, 0.4) is 0 Å². The summed E-state index contributed by atoms with van der Waals surface area (Å²) in [5.41, 5.74) is 1.73. The van der Waals surface area contributed by atoms with Gasteiger partial charge in [0, 0.05) is 43.2 Å². The maximum Gasteiger partial charge on any atom is 0.255 e. The van der Waals surface area contributed by atoms with Crippen LogP contribution in [0.1, 0.15) is 30.1 Å². The van der Waals surface area contributed by atoms with Gasteiger partial charge in [-0.25, -0.2) is 4.98 Å². The lowest BCUT2D eigenvalue weighted by Crippen LogP contribution is -2.19. The minimum atomic E-state index is -0.243. The third-order valence-corrected chi connectivity index (χ3v) is 4.00. The van der Waals surface area contributed by atoms with Gasteiger partial charge in [0.1, 0.15) is 5.82 Å². The van der Waals surface area contributed by atoms with E-state index in [1.54, 1.807) is 42.6 Å². The molecule has 0 bridgehead atoms. The third kappa shape index (κ3) is 5.03. The number of nitrogens with one attached hydrogen (secondary N) is 3. The van der Waals surface area contributed by atoms with Crippen molar-refractivity contribution in [2.24, 2.45) is 0 Å². The zero-order chi connectivity index (χ0) is 18.4. The Morgan fingerprint density at radius 2 is 2.00 bits per heavy atom. The molecule has 1 aromatic carbocycles. The molecule has 0 aliphatic carbocycles. The van der Waals surface area contributed by atoms with Gasteiger partial charge in [0.15, 0.2) is 0 Å². The van der Waals surface area contributed by atoms with Crippen LogP contribution in [0, 0.1) is 0 Å². The predicted octanol–water partition coefficient (Wildman–Crippen LogP) is 2.88. The van der Waals surface area contributed by atoms with Crippen molar-refractivity contribution in [3.63, 3.8) is 0 Å². The van der Waals surface area contributed by atoms with Crippen LogP contribution in [-0.2, 0) is 9.53 Å². The van der Waals surface area contributed by atoms with Gasteiger partial charge in [-0.05, 0) is 43.2 Å². The average molecular weight is 354 g/mol. The molecule has 0 spiro atoms. The highest BCUT2D eigenvalue weighted by molar-refractivity contribution is 6.05. The molecule has 1 atom stereocenters. The van der Waals surface area contributed by atoms with Crippen molar-refractivity contribution >= 4 is 29.0 Å². The van der Waals surface area contributed by atoms with Crippen molar-refractivity contribution in [1.29, 1.82) is 0 Å². The SMILES string of the molecule is CC(=O)Nc1cccc(NC(=O)c2ccnc(NCC3CCCO3)c2)c1. The molecule has 0 radical (unpaired) electrons. The molecule has 1 aliphatic rings. The number of rotatable bonds is 6. The highest BCUT2D eigenvalue weighted by atomic mass is 16.5. The number of pyridine rings is 1. The Kier molecular flexibility index (Phi) is 5.80. The van der Waals surface area contributed by atoms with Gasteiger partial charge in [-0.15, -0.1) is 0 Å². The number of carbonyl (C=O) groups is 2. The van der Waals surface area contributed by atoms with Gasteiger partial charge in [0.05, 0.1) is 6.10 Å². The second-order valence-corrected chi connectivity index (χ2v) is 6.16. The molecule has 0 saturated carbocycles. The monoisotopic (exact) mass is 354 g/mol. The summed E-state index contributed by atoms with van der Waals surface area (Å²) in [6, 6.07) is 10.4. The summed E-state index contributed by atoms with van der Waals surface area (Å²) in [6.45, 7) is 2.92. The maximum absolute atomic E-state index is 12.5. The van der Waals surface area contributed by atoms with E-state index in [4.69, 9.17) is 4.74 Å². The first kappa shape index (κ1) is 17.9. The van der Waals surface area contributed by atoms with Gasteiger partial charge in [-0.1, -0.05) is 6.07 Å². The first-order valence-electron chi connectivity index (χ1n) is 8.61. The first-order chi connectivity index (χ1) is 12.6. The van der Waals surface area contributed by atoms with E-state index in [9.17, 15) is 9.59 Å². The van der Waals surface area contributed by atoms with Crippen molar-refractivity contribution in [1.82, 2.24) is 4.98 Å². The number of ether oxygens (including phenoxy) is 1. The molecule has 2 heterocycles. The van der Waals surface area contributed by atoms with Crippen LogP contribution >= 0.6 is 0 Å². The fraction of sp³-hybridized carbons (Fsp3) is 0.316. The van der Waals surface area contributed by atoms with Crippen molar-refractivity contribution < 1.29 is 14.3 Å². The lowest BCUT2D eigenvalue weighted by Gasteiger charge is -2.12. The minimum Gasteiger partial charge on any atom is -0.376 e. The molecule has 1 aromatic heterocycles. The van der Waals surface area contributed by atoms with Crippen LogP contribution in [0.4, 0.5) is 17.2 Å². The zero-order valence-electron chi connectivity index (χ0n) is 14.6. The summed E-state index contributed by atoms with van der Waals surface area (Å²) in [5, 5.41) is 8.73. The number of hydrogen-bond acceptors (Lipinski definition) is 5. The van der Waals surface area contributed by atoms with Crippen molar-refractivity contribution in [2.75, 3.05) is 29.1 Å². The summed E-state index contributed by atoms with van der Waals surface area (Å²) >= 11 is 0. The van der Waals surface area contributed by atoms with Crippen LogP contribution < -0.4 is 16.0 Å². The van der Waals surface area contributed by atoms with E-state index in [1.165, 1.54) is 6.92 Å². The van der Waals surface area contributed by atoms with E-state index in [0.717, 1.165) is 19.4 Å². The Morgan fingerprint density at radius 3 is 2.73 bits per heavy atom.